The number of hydrogen-bond donors (Lipinski definition) is 1. The van der Waals surface area contributed by atoms with Crippen LogP contribution in [0.15, 0.2) is 0 Å². The molecule has 7 nitrogen and oxygen atoms in total. The van der Waals surface area contributed by atoms with Crippen molar-refractivity contribution in [3.8, 4) is 0 Å². The Morgan fingerprint density at radius 1 is 1.26 bits per heavy atom. The average Bonchev–Trinajstić information content (AvgIpc) is 3.05. The summed E-state index contributed by atoms with van der Waals surface area (Å²) in [6.45, 7) is 2.29. The quantitative estimate of drug-likeness (QED) is 0.816. The van der Waals surface area contributed by atoms with Gasteiger partial charge in [-0.1, -0.05) is 0 Å². The maximum atomic E-state index is 12.4. The highest BCUT2D eigenvalue weighted by molar-refractivity contribution is 5.82. The lowest BCUT2D eigenvalue weighted by Gasteiger charge is -2.47. The van der Waals surface area contributed by atoms with Gasteiger partial charge in [0.1, 0.15) is 12.6 Å². The number of carboxylic acid groups (broad SMARTS) is 1. The molecule has 0 unspecified atom stereocenters. The second-order valence-corrected chi connectivity index (χ2v) is 6.97. The lowest BCUT2D eigenvalue weighted by Crippen LogP contribution is -2.54. The van der Waals surface area contributed by atoms with E-state index in [2.05, 4.69) is 0 Å². The predicted octanol–water partition coefficient (Wildman–Crippen LogP) is 0.481. The number of ether oxygens (including phenoxy) is 1. The molecule has 3 fully saturated rings. The van der Waals surface area contributed by atoms with E-state index in [9.17, 15) is 14.4 Å². The molecule has 3 aliphatic heterocycles. The summed E-state index contributed by atoms with van der Waals surface area (Å²) >= 11 is 0. The van der Waals surface area contributed by atoms with Gasteiger partial charge >= 0.3 is 5.97 Å². The fourth-order valence-corrected chi connectivity index (χ4v) is 4.00. The van der Waals surface area contributed by atoms with E-state index < -0.39 is 5.97 Å². The van der Waals surface area contributed by atoms with Gasteiger partial charge in [-0.25, -0.2) is 0 Å². The van der Waals surface area contributed by atoms with E-state index >= 15 is 0 Å². The predicted molar refractivity (Wildman–Crippen MR) is 80.7 cm³/mol. The number of hydrogen-bond acceptors (Lipinski definition) is 4. The molecule has 0 aromatic rings. The molecule has 7 heteroatoms. The lowest BCUT2D eigenvalue weighted by molar-refractivity contribution is -0.151. The van der Waals surface area contributed by atoms with E-state index in [1.54, 1.807) is 0 Å². The highest BCUT2D eigenvalue weighted by Crippen LogP contribution is 2.40. The van der Waals surface area contributed by atoms with Crippen LogP contribution in [0.4, 0.5) is 0 Å². The Morgan fingerprint density at radius 3 is 2.61 bits per heavy atom. The second-order valence-electron chi connectivity index (χ2n) is 6.97. The van der Waals surface area contributed by atoms with Gasteiger partial charge in [0.15, 0.2) is 0 Å². The van der Waals surface area contributed by atoms with Crippen molar-refractivity contribution in [1.82, 2.24) is 9.80 Å². The van der Waals surface area contributed by atoms with Crippen molar-refractivity contribution in [1.29, 1.82) is 0 Å². The van der Waals surface area contributed by atoms with Crippen LogP contribution in [0.5, 0.6) is 0 Å². The summed E-state index contributed by atoms with van der Waals surface area (Å²) in [7, 11) is 0. The zero-order chi connectivity index (χ0) is 16.4. The summed E-state index contributed by atoms with van der Waals surface area (Å²) in [6.07, 6.45) is 4.34. The fourth-order valence-electron chi connectivity index (χ4n) is 4.00. The molecule has 3 saturated heterocycles. The Balaban J connectivity index is 1.57. The maximum Gasteiger partial charge on any atom is 0.323 e. The summed E-state index contributed by atoms with van der Waals surface area (Å²) in [5, 5.41) is 8.95. The normalized spacial score (nSPS) is 27.5. The third kappa shape index (κ3) is 3.49. The van der Waals surface area contributed by atoms with E-state index in [1.807, 2.05) is 4.90 Å². The Bertz CT molecular complexity index is 493. The Morgan fingerprint density at radius 2 is 2.00 bits per heavy atom. The van der Waals surface area contributed by atoms with Crippen molar-refractivity contribution in [2.24, 2.45) is 5.41 Å². The molecule has 3 aliphatic rings. The van der Waals surface area contributed by atoms with Gasteiger partial charge in [-0.2, -0.15) is 0 Å². The van der Waals surface area contributed by atoms with Crippen LogP contribution in [-0.4, -0.2) is 71.6 Å². The van der Waals surface area contributed by atoms with Gasteiger partial charge in [-0.15, -0.1) is 0 Å². The van der Waals surface area contributed by atoms with E-state index in [0.717, 1.165) is 32.1 Å². The van der Waals surface area contributed by atoms with Gasteiger partial charge in [0.2, 0.25) is 5.91 Å². The number of likely N-dealkylation sites (tertiary alicyclic amines) is 2. The highest BCUT2D eigenvalue weighted by atomic mass is 16.5. The van der Waals surface area contributed by atoms with Crippen molar-refractivity contribution in [2.75, 3.05) is 32.8 Å². The number of nitrogens with zero attached hydrogens (tertiary/aromatic N) is 2. The SMILES string of the molecule is O=C(O)CN1CC2(CCC1=O)CCN(C(=O)[C@@H]1CCCO1)CC2. The molecule has 1 atom stereocenters. The standard InChI is InChI=1S/C16H24N2O5/c19-13-3-4-16(11-18(13)10-14(20)21)5-7-17(8-6-16)15(22)12-2-1-9-23-12/h12H,1-11H2,(H,20,21)/t12-/m0/s1. The van der Waals surface area contributed by atoms with Crippen molar-refractivity contribution < 1.29 is 24.2 Å². The molecule has 128 valence electrons. The topological polar surface area (TPSA) is 87.2 Å². The molecule has 0 radical (unpaired) electrons. The van der Waals surface area contributed by atoms with Gasteiger partial charge in [-0.3, -0.25) is 14.4 Å². The van der Waals surface area contributed by atoms with Crippen LogP contribution in [0.1, 0.15) is 38.5 Å². The summed E-state index contributed by atoms with van der Waals surface area (Å²) in [4.78, 5) is 38.5. The minimum absolute atomic E-state index is 0.0311. The summed E-state index contributed by atoms with van der Waals surface area (Å²) < 4.78 is 5.47. The van der Waals surface area contributed by atoms with Crippen LogP contribution in [-0.2, 0) is 19.1 Å². The summed E-state index contributed by atoms with van der Waals surface area (Å²) in [5.74, 6) is -0.955. The first-order valence-corrected chi connectivity index (χ1v) is 8.39. The van der Waals surface area contributed by atoms with Gasteiger partial charge < -0.3 is 19.6 Å². The second kappa shape index (κ2) is 6.47. The number of carbonyl (C=O) groups excluding carboxylic acids is 2. The fraction of sp³-hybridized carbons (Fsp3) is 0.812. The van der Waals surface area contributed by atoms with Crippen molar-refractivity contribution >= 4 is 17.8 Å². The van der Waals surface area contributed by atoms with E-state index in [-0.39, 0.29) is 29.9 Å². The van der Waals surface area contributed by atoms with Crippen LogP contribution in [0.25, 0.3) is 0 Å². The van der Waals surface area contributed by atoms with Gasteiger partial charge in [0, 0.05) is 32.7 Å². The zero-order valence-electron chi connectivity index (χ0n) is 13.3. The van der Waals surface area contributed by atoms with E-state index in [0.29, 0.717) is 32.7 Å². The number of rotatable bonds is 3. The van der Waals surface area contributed by atoms with Gasteiger partial charge in [0.25, 0.3) is 5.91 Å². The van der Waals surface area contributed by atoms with Crippen LogP contribution in [0, 0.1) is 5.41 Å². The molecular weight excluding hydrogens is 300 g/mol. The first-order valence-electron chi connectivity index (χ1n) is 8.39. The third-order valence-corrected chi connectivity index (χ3v) is 5.42. The Hall–Kier alpha value is -1.63. The smallest absolute Gasteiger partial charge is 0.323 e. The van der Waals surface area contributed by atoms with Crippen molar-refractivity contribution in [3.63, 3.8) is 0 Å². The average molecular weight is 324 g/mol. The van der Waals surface area contributed by atoms with Crippen LogP contribution in [0.2, 0.25) is 0 Å². The first-order chi connectivity index (χ1) is 11.0. The van der Waals surface area contributed by atoms with Crippen LogP contribution >= 0.6 is 0 Å². The summed E-state index contributed by atoms with van der Waals surface area (Å²) in [6, 6.07) is 0. The first kappa shape index (κ1) is 16.2. The van der Waals surface area contributed by atoms with E-state index in [1.165, 1.54) is 4.90 Å². The van der Waals surface area contributed by atoms with Gasteiger partial charge in [-0.05, 0) is 37.5 Å². The number of carboxylic acids is 1. The van der Waals surface area contributed by atoms with Crippen molar-refractivity contribution in [2.45, 2.75) is 44.6 Å². The highest BCUT2D eigenvalue weighted by Gasteiger charge is 2.43. The summed E-state index contributed by atoms with van der Waals surface area (Å²) in [5.41, 5.74) is -0.0311. The number of piperidine rings is 2. The Labute approximate surface area is 135 Å². The number of aliphatic carboxylic acids is 1. The minimum Gasteiger partial charge on any atom is -0.480 e. The monoisotopic (exact) mass is 324 g/mol. The van der Waals surface area contributed by atoms with Crippen LogP contribution in [0.3, 0.4) is 0 Å². The molecule has 1 N–H and O–H groups in total. The van der Waals surface area contributed by atoms with Crippen LogP contribution < -0.4 is 0 Å². The largest absolute Gasteiger partial charge is 0.480 e. The molecule has 1 spiro atoms. The molecule has 2 amide bonds. The number of carbonyl (C=O) groups is 3. The third-order valence-electron chi connectivity index (χ3n) is 5.42. The molecule has 3 heterocycles. The molecule has 0 bridgehead atoms. The number of amides is 2. The molecule has 0 aliphatic carbocycles. The maximum absolute atomic E-state index is 12.4. The van der Waals surface area contributed by atoms with Crippen molar-refractivity contribution in [3.05, 3.63) is 0 Å². The van der Waals surface area contributed by atoms with E-state index in [4.69, 9.17) is 9.84 Å². The molecule has 23 heavy (non-hydrogen) atoms. The Kier molecular flexibility index (Phi) is 4.57. The zero-order valence-corrected chi connectivity index (χ0v) is 13.3. The molecule has 3 rings (SSSR count). The molecule has 0 saturated carbocycles. The molecule has 0 aromatic carbocycles. The van der Waals surface area contributed by atoms with Gasteiger partial charge in [0.05, 0.1) is 0 Å². The lowest BCUT2D eigenvalue weighted by atomic mass is 9.72. The molecular formula is C16H24N2O5. The molecule has 0 aromatic heterocycles. The minimum atomic E-state index is -0.971.